The van der Waals surface area contributed by atoms with Gasteiger partial charge in [0.15, 0.2) is 9.84 Å². The third kappa shape index (κ3) is 6.96. The second-order valence-corrected chi connectivity index (χ2v) is 10.6. The van der Waals surface area contributed by atoms with Crippen LogP contribution in [0.2, 0.25) is 0 Å². The molecule has 1 aliphatic rings. The standard InChI is InChI=1S/C22H17F7N4O5S/c23-17-11-13(18-30-31-19(37-18)21(24,25)26)1-2-14(17)12-33(20(34)32-7-9-39(35,36)10-8-32)15-3-5-16(6-4-15)38-22(27,28)29/h1-6,11H,7-10,12H2. The lowest BCUT2D eigenvalue weighted by molar-refractivity contribution is -0.274. The van der Waals surface area contributed by atoms with E-state index in [1.165, 1.54) is 11.0 Å². The molecule has 9 nitrogen and oxygen atoms in total. The zero-order valence-corrected chi connectivity index (χ0v) is 20.3. The maximum atomic E-state index is 15.0. The van der Waals surface area contributed by atoms with Crippen molar-refractivity contribution in [3.8, 4) is 17.2 Å². The quantitative estimate of drug-likeness (QED) is 0.404. The van der Waals surface area contributed by atoms with Crippen molar-refractivity contribution in [1.29, 1.82) is 0 Å². The van der Waals surface area contributed by atoms with Crippen LogP contribution in [0.1, 0.15) is 11.5 Å². The van der Waals surface area contributed by atoms with Crippen molar-refractivity contribution >= 4 is 21.6 Å². The molecule has 1 aromatic heterocycles. The minimum atomic E-state index is -4.96. The first-order valence-corrected chi connectivity index (χ1v) is 12.8. The fourth-order valence-corrected chi connectivity index (χ4v) is 4.81. The zero-order chi connectivity index (χ0) is 28.6. The number of amides is 2. The number of hydrogen-bond acceptors (Lipinski definition) is 7. The smallest absolute Gasteiger partial charge is 0.413 e. The maximum absolute atomic E-state index is 15.0. The van der Waals surface area contributed by atoms with Crippen LogP contribution >= 0.6 is 0 Å². The molecule has 1 fully saturated rings. The molecule has 0 bridgehead atoms. The van der Waals surface area contributed by atoms with Gasteiger partial charge in [0.05, 0.1) is 18.1 Å². The Balaban J connectivity index is 1.62. The molecule has 0 saturated carbocycles. The summed E-state index contributed by atoms with van der Waals surface area (Å²) in [5.74, 6) is -4.38. The van der Waals surface area contributed by atoms with Gasteiger partial charge in [-0.2, -0.15) is 13.2 Å². The number of benzene rings is 2. The van der Waals surface area contributed by atoms with Crippen LogP contribution < -0.4 is 9.64 Å². The number of anilines is 1. The first kappa shape index (κ1) is 28.1. The third-order valence-corrected chi connectivity index (χ3v) is 7.13. The molecule has 0 radical (unpaired) electrons. The summed E-state index contributed by atoms with van der Waals surface area (Å²) >= 11 is 0. The van der Waals surface area contributed by atoms with Crippen LogP contribution in [-0.4, -0.2) is 60.5 Å². The SMILES string of the molecule is O=C(N1CCS(=O)(=O)CC1)N(Cc1ccc(-c2nnc(C(F)(F)F)o2)cc1F)c1ccc(OC(F)(F)F)cc1. The number of aromatic nitrogens is 2. The number of alkyl halides is 6. The molecule has 17 heteroatoms. The molecular formula is C22H17F7N4O5S. The second-order valence-electron chi connectivity index (χ2n) is 8.27. The minimum Gasteiger partial charge on any atom is -0.413 e. The van der Waals surface area contributed by atoms with Crippen molar-refractivity contribution in [1.82, 2.24) is 15.1 Å². The summed E-state index contributed by atoms with van der Waals surface area (Å²) < 4.78 is 123. The summed E-state index contributed by atoms with van der Waals surface area (Å²) in [6.45, 7) is -0.786. The van der Waals surface area contributed by atoms with Gasteiger partial charge in [-0.1, -0.05) is 6.07 Å². The van der Waals surface area contributed by atoms with E-state index in [4.69, 9.17) is 0 Å². The molecule has 4 rings (SSSR count). The van der Waals surface area contributed by atoms with Gasteiger partial charge >= 0.3 is 24.5 Å². The summed E-state index contributed by atoms with van der Waals surface area (Å²) in [5, 5.41) is 6.12. The summed E-state index contributed by atoms with van der Waals surface area (Å²) in [5.41, 5.74) is -0.256. The zero-order valence-electron chi connectivity index (χ0n) is 19.5. The van der Waals surface area contributed by atoms with Crippen LogP contribution in [0.4, 0.5) is 41.2 Å². The monoisotopic (exact) mass is 582 g/mol. The van der Waals surface area contributed by atoms with E-state index in [-0.39, 0.29) is 41.4 Å². The van der Waals surface area contributed by atoms with Gasteiger partial charge < -0.3 is 14.1 Å². The number of sulfone groups is 1. The van der Waals surface area contributed by atoms with E-state index in [0.29, 0.717) is 0 Å². The lowest BCUT2D eigenvalue weighted by Crippen LogP contribution is -2.49. The number of hydrogen-bond donors (Lipinski definition) is 0. The number of rotatable bonds is 5. The predicted molar refractivity (Wildman–Crippen MR) is 120 cm³/mol. The lowest BCUT2D eigenvalue weighted by Gasteiger charge is -2.33. The van der Waals surface area contributed by atoms with Crippen molar-refractivity contribution in [3.63, 3.8) is 0 Å². The molecule has 2 amide bonds. The third-order valence-electron chi connectivity index (χ3n) is 5.52. The van der Waals surface area contributed by atoms with Crippen molar-refractivity contribution in [2.75, 3.05) is 29.5 Å². The molecule has 39 heavy (non-hydrogen) atoms. The van der Waals surface area contributed by atoms with Crippen molar-refractivity contribution in [3.05, 3.63) is 59.7 Å². The molecule has 1 saturated heterocycles. The Morgan fingerprint density at radius 3 is 2.18 bits per heavy atom. The average Bonchev–Trinajstić information content (AvgIpc) is 3.34. The molecule has 0 N–H and O–H groups in total. The predicted octanol–water partition coefficient (Wildman–Crippen LogP) is 4.65. The van der Waals surface area contributed by atoms with Crippen LogP contribution in [0.3, 0.4) is 0 Å². The molecule has 210 valence electrons. The van der Waals surface area contributed by atoms with Crippen molar-refractivity contribution < 1.29 is 53.1 Å². The van der Waals surface area contributed by atoms with Gasteiger partial charge in [0.2, 0.25) is 5.89 Å². The van der Waals surface area contributed by atoms with Gasteiger partial charge in [0.1, 0.15) is 11.6 Å². The van der Waals surface area contributed by atoms with Gasteiger partial charge in [-0.05, 0) is 36.4 Å². The molecule has 0 spiro atoms. The van der Waals surface area contributed by atoms with E-state index in [2.05, 4.69) is 19.4 Å². The summed E-state index contributed by atoms with van der Waals surface area (Å²) in [7, 11) is -3.35. The minimum absolute atomic E-state index is 0.0400. The number of carbonyl (C=O) groups excluding carboxylic acids is 1. The van der Waals surface area contributed by atoms with Gasteiger partial charge in [-0.15, -0.1) is 23.4 Å². The van der Waals surface area contributed by atoms with E-state index in [1.54, 1.807) is 0 Å². The molecule has 0 aliphatic carbocycles. The molecule has 0 atom stereocenters. The van der Waals surface area contributed by atoms with Gasteiger partial charge in [0.25, 0.3) is 0 Å². The average molecular weight is 582 g/mol. The summed E-state index contributed by atoms with van der Waals surface area (Å²) in [4.78, 5) is 15.5. The first-order valence-electron chi connectivity index (χ1n) is 10.9. The summed E-state index contributed by atoms with van der Waals surface area (Å²) in [6, 6.07) is 6.55. The molecule has 3 aromatic rings. The largest absolute Gasteiger partial charge is 0.573 e. The number of halogens is 7. The van der Waals surface area contributed by atoms with E-state index in [9.17, 15) is 39.6 Å². The highest BCUT2D eigenvalue weighted by Crippen LogP contribution is 2.32. The second kappa shape index (κ2) is 10.3. The number of urea groups is 1. The lowest BCUT2D eigenvalue weighted by atomic mass is 10.1. The van der Waals surface area contributed by atoms with E-state index >= 15 is 4.39 Å². The highest BCUT2D eigenvalue weighted by atomic mass is 32.2. The topological polar surface area (TPSA) is 106 Å². The molecular weight excluding hydrogens is 565 g/mol. The molecule has 1 aliphatic heterocycles. The Morgan fingerprint density at radius 2 is 1.64 bits per heavy atom. The van der Waals surface area contributed by atoms with Gasteiger partial charge in [-0.25, -0.2) is 17.6 Å². The molecule has 2 aromatic carbocycles. The van der Waals surface area contributed by atoms with E-state index < -0.39 is 58.3 Å². The fraction of sp³-hybridized carbons (Fsp3) is 0.318. The van der Waals surface area contributed by atoms with Crippen LogP contribution in [0.25, 0.3) is 11.5 Å². The fourth-order valence-electron chi connectivity index (χ4n) is 3.60. The summed E-state index contributed by atoms with van der Waals surface area (Å²) in [6.07, 6.45) is -9.86. The van der Waals surface area contributed by atoms with Crippen molar-refractivity contribution in [2.24, 2.45) is 0 Å². The molecule has 0 unspecified atom stereocenters. The van der Waals surface area contributed by atoms with Gasteiger partial charge in [0, 0.05) is 29.9 Å². The number of carbonyl (C=O) groups is 1. The highest BCUT2D eigenvalue weighted by molar-refractivity contribution is 7.91. The maximum Gasteiger partial charge on any atom is 0.573 e. The van der Waals surface area contributed by atoms with Crippen molar-refractivity contribution in [2.45, 2.75) is 19.1 Å². The Hall–Kier alpha value is -3.89. The van der Waals surface area contributed by atoms with Crippen LogP contribution in [-0.2, 0) is 22.6 Å². The Morgan fingerprint density at radius 1 is 1.00 bits per heavy atom. The van der Waals surface area contributed by atoms with Crippen LogP contribution in [0, 0.1) is 5.82 Å². The van der Waals surface area contributed by atoms with Crippen LogP contribution in [0.15, 0.2) is 46.9 Å². The number of ether oxygens (including phenoxy) is 1. The van der Waals surface area contributed by atoms with Crippen LogP contribution in [0.5, 0.6) is 5.75 Å². The Labute approximate surface area is 215 Å². The highest BCUT2D eigenvalue weighted by Gasteiger charge is 2.38. The Kier molecular flexibility index (Phi) is 7.46. The van der Waals surface area contributed by atoms with E-state index in [0.717, 1.165) is 41.3 Å². The van der Waals surface area contributed by atoms with Gasteiger partial charge in [-0.3, -0.25) is 4.90 Å². The molecule has 2 heterocycles. The first-order chi connectivity index (χ1) is 18.1. The number of nitrogens with zero attached hydrogens (tertiary/aromatic N) is 4. The Bertz CT molecular complexity index is 1440. The normalized spacial score (nSPS) is 15.7. The van der Waals surface area contributed by atoms with E-state index in [1.807, 2.05) is 0 Å².